The van der Waals surface area contributed by atoms with E-state index in [1.54, 1.807) is 17.0 Å². The summed E-state index contributed by atoms with van der Waals surface area (Å²) in [4.78, 5) is 32.8. The van der Waals surface area contributed by atoms with Gasteiger partial charge in [-0.05, 0) is 51.1 Å². The van der Waals surface area contributed by atoms with Crippen LogP contribution in [0.5, 0.6) is 0 Å². The standard InChI is InChI=1S/C19H28N4O2/c1-21-16(4-5-18(21)24)12-22-8-6-14(7-9-22)11-23-13-20-17(10-19(23)25)15-2-3-15/h10,13-16H,2-9,11-12H2,1H3. The van der Waals surface area contributed by atoms with Gasteiger partial charge in [0.2, 0.25) is 5.91 Å². The summed E-state index contributed by atoms with van der Waals surface area (Å²) in [6.45, 7) is 3.90. The van der Waals surface area contributed by atoms with Gasteiger partial charge in [0, 0.05) is 44.6 Å². The van der Waals surface area contributed by atoms with Crippen LogP contribution in [0.15, 0.2) is 17.2 Å². The van der Waals surface area contributed by atoms with Crippen LogP contribution in [0.1, 0.15) is 50.1 Å². The number of hydrogen-bond donors (Lipinski definition) is 0. The molecule has 0 radical (unpaired) electrons. The second-order valence-electron chi connectivity index (χ2n) is 8.02. The number of aromatic nitrogens is 2. The van der Waals surface area contributed by atoms with Crippen molar-refractivity contribution in [2.24, 2.45) is 5.92 Å². The Balaban J connectivity index is 1.27. The van der Waals surface area contributed by atoms with E-state index in [1.807, 2.05) is 11.9 Å². The number of piperidine rings is 1. The molecule has 136 valence electrons. The van der Waals surface area contributed by atoms with Crippen LogP contribution in [0.4, 0.5) is 0 Å². The monoisotopic (exact) mass is 344 g/mol. The van der Waals surface area contributed by atoms with Gasteiger partial charge in [0.1, 0.15) is 0 Å². The molecule has 3 fully saturated rings. The molecule has 0 N–H and O–H groups in total. The van der Waals surface area contributed by atoms with E-state index in [0.29, 0.717) is 24.3 Å². The van der Waals surface area contributed by atoms with Gasteiger partial charge >= 0.3 is 0 Å². The van der Waals surface area contributed by atoms with E-state index in [0.717, 1.165) is 51.1 Å². The Morgan fingerprint density at radius 2 is 1.84 bits per heavy atom. The third-order valence-corrected chi connectivity index (χ3v) is 6.16. The lowest BCUT2D eigenvalue weighted by Crippen LogP contribution is -2.44. The predicted molar refractivity (Wildman–Crippen MR) is 95.4 cm³/mol. The molecule has 1 aromatic heterocycles. The zero-order chi connectivity index (χ0) is 17.4. The van der Waals surface area contributed by atoms with Crippen molar-refractivity contribution in [1.82, 2.24) is 19.4 Å². The molecule has 4 rings (SSSR count). The highest BCUT2D eigenvalue weighted by Crippen LogP contribution is 2.38. The second-order valence-corrected chi connectivity index (χ2v) is 8.02. The van der Waals surface area contributed by atoms with Crippen molar-refractivity contribution in [3.05, 3.63) is 28.4 Å². The Kier molecular flexibility index (Phi) is 4.63. The molecule has 1 aliphatic carbocycles. The van der Waals surface area contributed by atoms with Crippen LogP contribution >= 0.6 is 0 Å². The van der Waals surface area contributed by atoms with Crippen molar-refractivity contribution in [3.63, 3.8) is 0 Å². The maximum absolute atomic E-state index is 12.3. The maximum Gasteiger partial charge on any atom is 0.253 e. The summed E-state index contributed by atoms with van der Waals surface area (Å²) in [7, 11) is 1.93. The molecule has 3 heterocycles. The molecule has 1 aromatic rings. The van der Waals surface area contributed by atoms with Crippen LogP contribution in [0.25, 0.3) is 0 Å². The summed E-state index contributed by atoms with van der Waals surface area (Å²) in [6, 6.07) is 2.12. The van der Waals surface area contributed by atoms with E-state index in [4.69, 9.17) is 0 Å². The molecule has 0 bridgehead atoms. The molecule has 1 amide bonds. The van der Waals surface area contributed by atoms with E-state index in [9.17, 15) is 9.59 Å². The number of carbonyl (C=O) groups is 1. The summed E-state index contributed by atoms with van der Waals surface area (Å²) < 4.78 is 1.79. The lowest BCUT2D eigenvalue weighted by Gasteiger charge is -2.35. The average molecular weight is 344 g/mol. The lowest BCUT2D eigenvalue weighted by atomic mass is 9.96. The Bertz CT molecular complexity index is 689. The molecular formula is C19H28N4O2. The number of likely N-dealkylation sites (N-methyl/N-ethyl adjacent to an activating group) is 1. The van der Waals surface area contributed by atoms with E-state index in [2.05, 4.69) is 9.88 Å². The fraction of sp³-hybridized carbons (Fsp3) is 0.737. The van der Waals surface area contributed by atoms with E-state index >= 15 is 0 Å². The second kappa shape index (κ2) is 6.90. The zero-order valence-electron chi connectivity index (χ0n) is 15.1. The minimum atomic E-state index is 0.102. The first-order valence-electron chi connectivity index (χ1n) is 9.64. The molecule has 6 nitrogen and oxygen atoms in total. The van der Waals surface area contributed by atoms with Gasteiger partial charge in [0.25, 0.3) is 5.56 Å². The van der Waals surface area contributed by atoms with Gasteiger partial charge in [-0.2, -0.15) is 0 Å². The van der Waals surface area contributed by atoms with Crippen LogP contribution in [-0.2, 0) is 11.3 Å². The largest absolute Gasteiger partial charge is 0.341 e. The molecule has 0 spiro atoms. The van der Waals surface area contributed by atoms with Crippen molar-refractivity contribution in [2.45, 2.75) is 57.0 Å². The molecule has 1 unspecified atom stereocenters. The van der Waals surface area contributed by atoms with Crippen molar-refractivity contribution in [1.29, 1.82) is 0 Å². The van der Waals surface area contributed by atoms with Crippen molar-refractivity contribution >= 4 is 5.91 Å². The highest BCUT2D eigenvalue weighted by atomic mass is 16.2. The van der Waals surface area contributed by atoms with Gasteiger partial charge in [0.15, 0.2) is 0 Å². The summed E-state index contributed by atoms with van der Waals surface area (Å²) >= 11 is 0. The first-order chi connectivity index (χ1) is 12.1. The van der Waals surface area contributed by atoms with Crippen LogP contribution in [-0.4, -0.2) is 58.0 Å². The molecule has 0 aromatic carbocycles. The number of rotatable bonds is 5. The molecule has 25 heavy (non-hydrogen) atoms. The molecule has 2 saturated heterocycles. The number of hydrogen-bond acceptors (Lipinski definition) is 4. The molecule has 2 aliphatic heterocycles. The highest BCUT2D eigenvalue weighted by molar-refractivity contribution is 5.78. The van der Waals surface area contributed by atoms with Gasteiger partial charge in [-0.25, -0.2) is 4.98 Å². The molecule has 1 saturated carbocycles. The Labute approximate surface area is 148 Å². The topological polar surface area (TPSA) is 58.4 Å². The highest BCUT2D eigenvalue weighted by Gasteiger charge is 2.30. The first-order valence-corrected chi connectivity index (χ1v) is 9.64. The Morgan fingerprint density at radius 1 is 1.08 bits per heavy atom. The quantitative estimate of drug-likeness (QED) is 0.811. The van der Waals surface area contributed by atoms with E-state index in [-0.39, 0.29) is 11.5 Å². The third kappa shape index (κ3) is 3.78. The van der Waals surface area contributed by atoms with Crippen molar-refractivity contribution in [3.8, 4) is 0 Å². The van der Waals surface area contributed by atoms with Gasteiger partial charge in [-0.1, -0.05) is 0 Å². The van der Waals surface area contributed by atoms with E-state index in [1.165, 1.54) is 12.8 Å². The smallest absolute Gasteiger partial charge is 0.253 e. The fourth-order valence-corrected chi connectivity index (χ4v) is 4.18. The minimum Gasteiger partial charge on any atom is -0.341 e. The molecule has 6 heteroatoms. The maximum atomic E-state index is 12.3. The summed E-state index contributed by atoms with van der Waals surface area (Å²) in [5, 5.41) is 0. The Hall–Kier alpha value is -1.69. The van der Waals surface area contributed by atoms with Gasteiger partial charge in [0.05, 0.1) is 12.0 Å². The fourth-order valence-electron chi connectivity index (χ4n) is 4.18. The molecule has 3 aliphatic rings. The number of likely N-dealkylation sites (tertiary alicyclic amines) is 2. The van der Waals surface area contributed by atoms with Crippen LogP contribution in [0, 0.1) is 5.92 Å². The SMILES string of the molecule is CN1C(=O)CCC1CN1CCC(Cn2cnc(C3CC3)cc2=O)CC1. The van der Waals surface area contributed by atoms with Gasteiger partial charge in [-0.15, -0.1) is 0 Å². The summed E-state index contributed by atoms with van der Waals surface area (Å²) in [5.74, 6) is 1.36. The number of amides is 1. The van der Waals surface area contributed by atoms with Gasteiger partial charge in [-0.3, -0.25) is 14.2 Å². The first kappa shape index (κ1) is 16.8. The van der Waals surface area contributed by atoms with E-state index < -0.39 is 0 Å². The van der Waals surface area contributed by atoms with Crippen LogP contribution in [0.2, 0.25) is 0 Å². The summed E-state index contributed by atoms with van der Waals surface area (Å²) in [6.07, 6.45) is 8.02. The zero-order valence-corrected chi connectivity index (χ0v) is 15.1. The van der Waals surface area contributed by atoms with Crippen LogP contribution < -0.4 is 5.56 Å². The molecule has 1 atom stereocenters. The predicted octanol–water partition coefficient (Wildman–Crippen LogP) is 1.45. The minimum absolute atomic E-state index is 0.102. The van der Waals surface area contributed by atoms with Crippen molar-refractivity contribution in [2.75, 3.05) is 26.7 Å². The normalized spacial score (nSPS) is 25.7. The number of nitrogens with zero attached hydrogens (tertiary/aromatic N) is 4. The third-order valence-electron chi connectivity index (χ3n) is 6.16. The Morgan fingerprint density at radius 3 is 2.44 bits per heavy atom. The lowest BCUT2D eigenvalue weighted by molar-refractivity contribution is -0.127. The molecular weight excluding hydrogens is 316 g/mol. The van der Waals surface area contributed by atoms with Crippen LogP contribution in [0.3, 0.4) is 0 Å². The van der Waals surface area contributed by atoms with Gasteiger partial charge < -0.3 is 9.80 Å². The average Bonchev–Trinajstić information content (AvgIpc) is 3.41. The number of carbonyl (C=O) groups excluding carboxylic acids is 1. The van der Waals surface area contributed by atoms with Crippen molar-refractivity contribution < 1.29 is 4.79 Å². The summed E-state index contributed by atoms with van der Waals surface area (Å²) in [5.41, 5.74) is 1.08.